The average Bonchev–Trinajstić information content (AvgIpc) is 3.60. The number of alkyl halides is 1. The standard InChI is InChI=1S/C33H44BrN3O5/c1-3-18-35(23-14-8-5-9-15-23)30(39)26-27-31(40)37(20-12-7-13-21-38)29(33(27)22-25(34)28(26)42-33)32(41)36(19-4-2)24-16-10-6-11-17-24/h3-5,8-9,14-15,24-29,38H,1-2,6-7,10-13,16-22H2/t25?,26-,27+,28-,29?,33?/m1/s1. The lowest BCUT2D eigenvalue weighted by Crippen LogP contribution is -2.59. The Hall–Kier alpha value is -2.49. The summed E-state index contributed by atoms with van der Waals surface area (Å²) in [5, 5.41) is 9.33. The molecule has 4 aliphatic rings. The molecule has 3 amide bonds. The van der Waals surface area contributed by atoms with Gasteiger partial charge in [-0.25, -0.2) is 0 Å². The molecular formula is C33H44BrN3O5. The molecule has 1 aromatic carbocycles. The fraction of sp³-hybridized carbons (Fsp3) is 0.606. The van der Waals surface area contributed by atoms with Crippen molar-refractivity contribution in [1.82, 2.24) is 9.80 Å². The molecule has 3 saturated heterocycles. The van der Waals surface area contributed by atoms with Gasteiger partial charge in [0.2, 0.25) is 17.7 Å². The summed E-state index contributed by atoms with van der Waals surface area (Å²) in [6.07, 6.45) is 10.7. The molecule has 3 unspecified atom stereocenters. The third kappa shape index (κ3) is 5.48. The minimum Gasteiger partial charge on any atom is -0.396 e. The van der Waals surface area contributed by atoms with Crippen molar-refractivity contribution in [2.45, 2.75) is 86.4 Å². The number of hydrogen-bond acceptors (Lipinski definition) is 5. The average molecular weight is 643 g/mol. The van der Waals surface area contributed by atoms with Crippen LogP contribution in [0.4, 0.5) is 5.69 Å². The second kappa shape index (κ2) is 13.4. The molecule has 5 rings (SSSR count). The smallest absolute Gasteiger partial charge is 0.248 e. The van der Waals surface area contributed by atoms with E-state index < -0.39 is 29.6 Å². The quantitative estimate of drug-likeness (QED) is 0.195. The Morgan fingerprint density at radius 3 is 2.43 bits per heavy atom. The minimum absolute atomic E-state index is 0.0862. The first-order valence-electron chi connectivity index (χ1n) is 15.5. The van der Waals surface area contributed by atoms with Crippen LogP contribution >= 0.6 is 15.9 Å². The van der Waals surface area contributed by atoms with Crippen LogP contribution < -0.4 is 4.90 Å². The number of rotatable bonds is 13. The SMILES string of the molecule is C=CCN(C(=O)[C@H]1[C@@H]2OC3(CC2Br)C(C(=O)N(CC=C)C2CCCCC2)N(CCCCCO)C(=O)[C@H]13)c1ccccc1. The van der Waals surface area contributed by atoms with E-state index in [-0.39, 0.29) is 35.2 Å². The third-order valence-corrected chi connectivity index (χ3v) is 10.5. The lowest BCUT2D eigenvalue weighted by atomic mass is 9.70. The van der Waals surface area contributed by atoms with Crippen molar-refractivity contribution < 1.29 is 24.2 Å². The van der Waals surface area contributed by atoms with Crippen LogP contribution in [-0.4, -0.2) is 87.5 Å². The molecule has 0 radical (unpaired) electrons. The van der Waals surface area contributed by atoms with Crippen LogP contribution in [0.3, 0.4) is 0 Å². The summed E-state index contributed by atoms with van der Waals surface area (Å²) in [6.45, 7) is 9.00. The third-order valence-electron chi connectivity index (χ3n) is 9.64. The summed E-state index contributed by atoms with van der Waals surface area (Å²) in [4.78, 5) is 48.7. The second-order valence-electron chi connectivity index (χ2n) is 12.1. The molecule has 2 bridgehead atoms. The predicted octanol–water partition coefficient (Wildman–Crippen LogP) is 4.46. The highest BCUT2D eigenvalue weighted by Crippen LogP contribution is 2.60. The Labute approximate surface area is 257 Å². The lowest BCUT2D eigenvalue weighted by Gasteiger charge is -2.41. The second-order valence-corrected chi connectivity index (χ2v) is 13.3. The molecule has 4 fully saturated rings. The fourth-order valence-electron chi connectivity index (χ4n) is 7.85. The number of hydrogen-bond donors (Lipinski definition) is 1. The number of benzene rings is 1. The predicted molar refractivity (Wildman–Crippen MR) is 166 cm³/mol. The van der Waals surface area contributed by atoms with E-state index in [4.69, 9.17) is 4.74 Å². The summed E-state index contributed by atoms with van der Waals surface area (Å²) in [6, 6.07) is 8.72. The van der Waals surface area contributed by atoms with E-state index >= 15 is 0 Å². The summed E-state index contributed by atoms with van der Waals surface area (Å²) in [7, 11) is 0. The van der Waals surface area contributed by atoms with Crippen molar-refractivity contribution >= 4 is 39.3 Å². The molecule has 9 heteroatoms. The van der Waals surface area contributed by atoms with Gasteiger partial charge in [-0.3, -0.25) is 14.4 Å². The summed E-state index contributed by atoms with van der Waals surface area (Å²) in [5.41, 5.74) is -0.353. The van der Waals surface area contributed by atoms with Gasteiger partial charge in [0.1, 0.15) is 11.6 Å². The zero-order valence-electron chi connectivity index (χ0n) is 24.4. The van der Waals surface area contributed by atoms with Crippen molar-refractivity contribution in [2.75, 3.05) is 31.1 Å². The van der Waals surface area contributed by atoms with Crippen LogP contribution in [0, 0.1) is 11.8 Å². The number of carbonyl (C=O) groups is 3. The zero-order valence-corrected chi connectivity index (χ0v) is 26.0. The van der Waals surface area contributed by atoms with Crippen LogP contribution in [-0.2, 0) is 19.1 Å². The number of likely N-dealkylation sites (tertiary alicyclic amines) is 1. The highest BCUT2D eigenvalue weighted by molar-refractivity contribution is 9.09. The Morgan fingerprint density at radius 2 is 1.76 bits per heavy atom. The zero-order chi connectivity index (χ0) is 29.9. The Balaban J connectivity index is 1.53. The van der Waals surface area contributed by atoms with Gasteiger partial charge in [-0.05, 0) is 50.7 Å². The largest absolute Gasteiger partial charge is 0.396 e. The molecule has 1 saturated carbocycles. The highest BCUT2D eigenvalue weighted by Gasteiger charge is 2.77. The van der Waals surface area contributed by atoms with E-state index in [9.17, 15) is 19.5 Å². The number of carbonyl (C=O) groups excluding carboxylic acids is 3. The van der Waals surface area contributed by atoms with Crippen LogP contribution in [0.25, 0.3) is 0 Å². The molecule has 0 aromatic heterocycles. The van der Waals surface area contributed by atoms with E-state index in [1.165, 1.54) is 6.42 Å². The van der Waals surface area contributed by atoms with Gasteiger partial charge in [0.15, 0.2) is 0 Å². The number of halogens is 1. The van der Waals surface area contributed by atoms with E-state index in [0.29, 0.717) is 38.9 Å². The molecular weight excluding hydrogens is 598 g/mol. The van der Waals surface area contributed by atoms with Gasteiger partial charge in [0.05, 0.1) is 17.9 Å². The summed E-state index contributed by atoms with van der Waals surface area (Å²) < 4.78 is 6.78. The van der Waals surface area contributed by atoms with Crippen LogP contribution in [0.1, 0.15) is 57.8 Å². The summed E-state index contributed by atoms with van der Waals surface area (Å²) in [5.74, 6) is -1.93. The van der Waals surface area contributed by atoms with Gasteiger partial charge >= 0.3 is 0 Å². The number of aliphatic hydroxyl groups is 1. The fourth-order valence-corrected chi connectivity index (χ4v) is 8.79. The van der Waals surface area contributed by atoms with Crippen molar-refractivity contribution in [3.63, 3.8) is 0 Å². The first-order valence-corrected chi connectivity index (χ1v) is 16.4. The molecule has 6 atom stereocenters. The molecule has 1 aromatic rings. The number of aliphatic hydroxyl groups excluding tert-OH is 1. The number of ether oxygens (including phenoxy) is 1. The normalized spacial score (nSPS) is 30.3. The van der Waals surface area contributed by atoms with E-state index in [1.807, 2.05) is 35.2 Å². The number of para-hydroxylation sites is 1. The minimum atomic E-state index is -1.09. The Kier molecular flexibility index (Phi) is 9.90. The molecule has 8 nitrogen and oxygen atoms in total. The van der Waals surface area contributed by atoms with Crippen LogP contribution in [0.15, 0.2) is 55.6 Å². The number of amides is 3. The van der Waals surface area contributed by atoms with Gasteiger partial charge in [-0.2, -0.15) is 0 Å². The topological polar surface area (TPSA) is 90.4 Å². The van der Waals surface area contributed by atoms with Crippen LogP contribution in [0.2, 0.25) is 0 Å². The van der Waals surface area contributed by atoms with Crippen molar-refractivity contribution in [2.24, 2.45) is 11.8 Å². The first-order chi connectivity index (χ1) is 20.4. The van der Waals surface area contributed by atoms with Gasteiger partial charge < -0.3 is 24.5 Å². The molecule has 1 N–H and O–H groups in total. The maximum absolute atomic E-state index is 14.7. The molecule has 3 heterocycles. The van der Waals surface area contributed by atoms with Gasteiger partial charge in [-0.15, -0.1) is 13.2 Å². The lowest BCUT2D eigenvalue weighted by molar-refractivity contribution is -0.150. The van der Waals surface area contributed by atoms with Crippen molar-refractivity contribution in [1.29, 1.82) is 0 Å². The van der Waals surface area contributed by atoms with E-state index in [1.54, 1.807) is 22.0 Å². The molecule has 42 heavy (non-hydrogen) atoms. The number of unbranched alkanes of at least 4 members (excludes halogenated alkanes) is 2. The van der Waals surface area contributed by atoms with E-state index in [2.05, 4.69) is 29.1 Å². The first kappa shape index (κ1) is 31.0. The maximum Gasteiger partial charge on any atom is 0.248 e. The monoisotopic (exact) mass is 641 g/mol. The summed E-state index contributed by atoms with van der Waals surface area (Å²) >= 11 is 3.80. The molecule has 1 spiro atoms. The Morgan fingerprint density at radius 1 is 1.05 bits per heavy atom. The Bertz CT molecular complexity index is 1160. The highest BCUT2D eigenvalue weighted by atomic mass is 79.9. The van der Waals surface area contributed by atoms with E-state index in [0.717, 1.165) is 37.8 Å². The van der Waals surface area contributed by atoms with Gasteiger partial charge in [0.25, 0.3) is 0 Å². The molecule has 1 aliphatic carbocycles. The van der Waals surface area contributed by atoms with Crippen LogP contribution in [0.5, 0.6) is 0 Å². The van der Waals surface area contributed by atoms with Gasteiger partial charge in [0, 0.05) is 42.8 Å². The molecule has 3 aliphatic heterocycles. The number of fused-ring (bicyclic) bond motifs is 1. The van der Waals surface area contributed by atoms with Crippen molar-refractivity contribution in [3.8, 4) is 0 Å². The maximum atomic E-state index is 14.7. The molecule has 228 valence electrons. The number of anilines is 1. The number of nitrogens with zero attached hydrogens (tertiary/aromatic N) is 3. The van der Waals surface area contributed by atoms with Gasteiger partial charge in [-0.1, -0.05) is 65.5 Å². The van der Waals surface area contributed by atoms with Crippen molar-refractivity contribution in [3.05, 3.63) is 55.6 Å².